The van der Waals surface area contributed by atoms with Crippen LogP contribution in [0.1, 0.15) is 26.7 Å². The molecule has 0 spiro atoms. The van der Waals surface area contributed by atoms with Crippen LogP contribution in [0.3, 0.4) is 0 Å². The molecule has 0 bridgehead atoms. The van der Waals surface area contributed by atoms with Crippen LogP contribution in [0.5, 0.6) is 0 Å². The molecule has 1 saturated heterocycles. The first-order valence-electron chi connectivity index (χ1n) is 7.41. The van der Waals surface area contributed by atoms with E-state index in [1.54, 1.807) is 0 Å². The number of carbonyl (C=O) groups is 2. The fraction of sp³-hybridized carbons (Fsp3) is 0.733. The van der Waals surface area contributed by atoms with E-state index in [2.05, 4.69) is 18.7 Å². The topological polar surface area (TPSA) is 60.9 Å². The Kier molecular flexibility index (Phi) is 4.81. The number of carboxylic acids is 1. The van der Waals surface area contributed by atoms with Crippen molar-refractivity contribution < 1.29 is 14.7 Å². The average Bonchev–Trinajstić information content (AvgIpc) is 2.46. The third kappa shape index (κ3) is 3.20. The van der Waals surface area contributed by atoms with Gasteiger partial charge in [0.2, 0.25) is 5.91 Å². The Morgan fingerprint density at radius 2 is 1.60 bits per heavy atom. The van der Waals surface area contributed by atoms with E-state index in [0.717, 1.165) is 13.1 Å². The second-order valence-electron chi connectivity index (χ2n) is 5.95. The lowest BCUT2D eigenvalue weighted by Crippen LogP contribution is -2.53. The molecule has 0 radical (unpaired) electrons. The van der Waals surface area contributed by atoms with Crippen molar-refractivity contribution in [2.75, 3.05) is 26.2 Å². The number of piperazine rings is 1. The van der Waals surface area contributed by atoms with Crippen LogP contribution < -0.4 is 0 Å². The van der Waals surface area contributed by atoms with E-state index in [9.17, 15) is 14.7 Å². The highest BCUT2D eigenvalue weighted by Crippen LogP contribution is 2.28. The first kappa shape index (κ1) is 15.0. The van der Waals surface area contributed by atoms with E-state index < -0.39 is 11.9 Å². The van der Waals surface area contributed by atoms with Crippen molar-refractivity contribution in [1.82, 2.24) is 9.80 Å². The zero-order valence-corrected chi connectivity index (χ0v) is 12.3. The van der Waals surface area contributed by atoms with Gasteiger partial charge in [0, 0.05) is 32.2 Å². The van der Waals surface area contributed by atoms with Crippen LogP contribution >= 0.6 is 0 Å². The van der Waals surface area contributed by atoms with Crippen molar-refractivity contribution in [3.63, 3.8) is 0 Å². The van der Waals surface area contributed by atoms with Crippen LogP contribution in [0.15, 0.2) is 12.2 Å². The van der Waals surface area contributed by atoms with Crippen LogP contribution in [-0.2, 0) is 9.59 Å². The van der Waals surface area contributed by atoms with Crippen molar-refractivity contribution in [1.29, 1.82) is 0 Å². The minimum absolute atomic E-state index is 0.0187. The minimum atomic E-state index is -0.853. The maximum Gasteiger partial charge on any atom is 0.307 e. The van der Waals surface area contributed by atoms with Crippen molar-refractivity contribution in [3.05, 3.63) is 12.2 Å². The number of nitrogens with zero attached hydrogens (tertiary/aromatic N) is 2. The van der Waals surface area contributed by atoms with Gasteiger partial charge in [0.1, 0.15) is 0 Å². The highest BCUT2D eigenvalue weighted by atomic mass is 16.4. The van der Waals surface area contributed by atoms with Crippen molar-refractivity contribution in [3.8, 4) is 0 Å². The molecule has 112 valence electrons. The Bertz CT molecular complexity index is 398. The van der Waals surface area contributed by atoms with Crippen LogP contribution in [0.2, 0.25) is 0 Å². The van der Waals surface area contributed by atoms with E-state index in [1.807, 2.05) is 17.1 Å². The van der Waals surface area contributed by atoms with Gasteiger partial charge < -0.3 is 10.0 Å². The number of carboxylic acid groups (broad SMARTS) is 1. The van der Waals surface area contributed by atoms with Crippen LogP contribution in [0.25, 0.3) is 0 Å². The monoisotopic (exact) mass is 280 g/mol. The Balaban J connectivity index is 1.97. The number of rotatable bonds is 3. The standard InChI is InChI=1S/C15H24N2O3/c1-11(2)16-7-9-17(10-8-16)14(18)12-5-3-4-6-13(12)15(19)20/h3-4,11-13H,5-10H2,1-2H3,(H,19,20). The third-order valence-electron chi connectivity index (χ3n) is 4.42. The summed E-state index contributed by atoms with van der Waals surface area (Å²) in [7, 11) is 0. The second kappa shape index (κ2) is 6.39. The van der Waals surface area contributed by atoms with Gasteiger partial charge in [0.05, 0.1) is 11.8 Å². The average molecular weight is 280 g/mol. The zero-order chi connectivity index (χ0) is 14.7. The number of amides is 1. The lowest BCUT2D eigenvalue weighted by molar-refractivity contribution is -0.151. The first-order chi connectivity index (χ1) is 9.50. The van der Waals surface area contributed by atoms with E-state index in [4.69, 9.17) is 0 Å². The number of hydrogen-bond acceptors (Lipinski definition) is 3. The molecule has 0 aromatic heterocycles. The number of carbonyl (C=O) groups excluding carboxylic acids is 1. The van der Waals surface area contributed by atoms with Gasteiger partial charge in [-0.05, 0) is 26.7 Å². The Morgan fingerprint density at radius 1 is 1.05 bits per heavy atom. The van der Waals surface area contributed by atoms with Gasteiger partial charge in [-0.2, -0.15) is 0 Å². The molecule has 1 heterocycles. The molecule has 1 amide bonds. The Morgan fingerprint density at radius 3 is 2.10 bits per heavy atom. The summed E-state index contributed by atoms with van der Waals surface area (Å²) in [6.07, 6.45) is 4.84. The Labute approximate surface area is 120 Å². The largest absolute Gasteiger partial charge is 0.481 e. The second-order valence-corrected chi connectivity index (χ2v) is 5.95. The van der Waals surface area contributed by atoms with E-state index in [-0.39, 0.29) is 11.8 Å². The number of allylic oxidation sites excluding steroid dienone is 2. The summed E-state index contributed by atoms with van der Waals surface area (Å²) in [6.45, 7) is 7.49. The summed E-state index contributed by atoms with van der Waals surface area (Å²) in [5.74, 6) is -1.78. The van der Waals surface area contributed by atoms with Crippen LogP contribution in [0.4, 0.5) is 0 Å². The summed E-state index contributed by atoms with van der Waals surface area (Å²) < 4.78 is 0. The van der Waals surface area contributed by atoms with Crippen LogP contribution in [-0.4, -0.2) is 59.0 Å². The molecule has 2 atom stereocenters. The molecule has 1 fully saturated rings. The van der Waals surface area contributed by atoms with Crippen LogP contribution in [0, 0.1) is 11.8 Å². The predicted molar refractivity (Wildman–Crippen MR) is 76.3 cm³/mol. The quantitative estimate of drug-likeness (QED) is 0.789. The van der Waals surface area contributed by atoms with Gasteiger partial charge in [0.15, 0.2) is 0 Å². The highest BCUT2D eigenvalue weighted by molar-refractivity contribution is 5.85. The SMILES string of the molecule is CC(C)N1CCN(C(=O)C2CC=CCC2C(=O)O)CC1. The zero-order valence-electron chi connectivity index (χ0n) is 12.3. The molecule has 5 nitrogen and oxygen atoms in total. The van der Waals surface area contributed by atoms with E-state index in [1.165, 1.54) is 0 Å². The van der Waals surface area contributed by atoms with Gasteiger partial charge in [0.25, 0.3) is 0 Å². The summed E-state index contributed by atoms with van der Waals surface area (Å²) in [4.78, 5) is 28.0. The molecule has 2 rings (SSSR count). The molecule has 5 heteroatoms. The molecule has 0 aromatic carbocycles. The van der Waals surface area contributed by atoms with Crippen molar-refractivity contribution in [2.24, 2.45) is 11.8 Å². The Hall–Kier alpha value is -1.36. The molecule has 0 aromatic rings. The maximum atomic E-state index is 12.6. The predicted octanol–water partition coefficient (Wildman–Crippen LogP) is 1.21. The molecule has 1 aliphatic carbocycles. The van der Waals surface area contributed by atoms with Gasteiger partial charge in [-0.25, -0.2) is 0 Å². The van der Waals surface area contributed by atoms with Gasteiger partial charge in [-0.3, -0.25) is 14.5 Å². The molecule has 2 aliphatic rings. The highest BCUT2D eigenvalue weighted by Gasteiger charge is 2.37. The van der Waals surface area contributed by atoms with Crippen molar-refractivity contribution >= 4 is 11.9 Å². The summed E-state index contributed by atoms with van der Waals surface area (Å²) in [5, 5.41) is 9.26. The first-order valence-corrected chi connectivity index (χ1v) is 7.41. The minimum Gasteiger partial charge on any atom is -0.481 e. The van der Waals surface area contributed by atoms with Gasteiger partial charge in [-0.15, -0.1) is 0 Å². The molecule has 20 heavy (non-hydrogen) atoms. The van der Waals surface area contributed by atoms with Gasteiger partial charge in [-0.1, -0.05) is 12.2 Å². The number of hydrogen-bond donors (Lipinski definition) is 1. The van der Waals surface area contributed by atoms with E-state index in [0.29, 0.717) is 32.0 Å². The molecule has 0 saturated carbocycles. The molecule has 1 N–H and O–H groups in total. The smallest absolute Gasteiger partial charge is 0.307 e. The van der Waals surface area contributed by atoms with Gasteiger partial charge >= 0.3 is 5.97 Å². The maximum absolute atomic E-state index is 12.6. The normalized spacial score (nSPS) is 27.9. The fourth-order valence-electron chi connectivity index (χ4n) is 3.05. The third-order valence-corrected chi connectivity index (χ3v) is 4.42. The lowest BCUT2D eigenvalue weighted by Gasteiger charge is -2.39. The molecular formula is C15H24N2O3. The number of aliphatic carboxylic acids is 1. The summed E-state index contributed by atoms with van der Waals surface area (Å²) in [5.41, 5.74) is 0. The molecule has 2 unspecified atom stereocenters. The molecule has 1 aliphatic heterocycles. The summed E-state index contributed by atoms with van der Waals surface area (Å²) in [6, 6.07) is 0.497. The fourth-order valence-corrected chi connectivity index (χ4v) is 3.05. The van der Waals surface area contributed by atoms with Crippen molar-refractivity contribution in [2.45, 2.75) is 32.7 Å². The van der Waals surface area contributed by atoms with E-state index >= 15 is 0 Å². The summed E-state index contributed by atoms with van der Waals surface area (Å²) >= 11 is 0. The molecular weight excluding hydrogens is 256 g/mol. The lowest BCUT2D eigenvalue weighted by atomic mass is 9.82.